The van der Waals surface area contributed by atoms with Crippen LogP contribution in [0.4, 0.5) is 0 Å². The summed E-state index contributed by atoms with van der Waals surface area (Å²) in [6, 6.07) is 4.05. The van der Waals surface area contributed by atoms with E-state index in [1.54, 1.807) is 0 Å². The van der Waals surface area contributed by atoms with Crippen LogP contribution in [-0.4, -0.2) is 41.5 Å². The van der Waals surface area contributed by atoms with Crippen molar-refractivity contribution < 1.29 is 179 Å². The Morgan fingerprint density at radius 2 is 0.440 bits per heavy atom. The van der Waals surface area contributed by atoms with Gasteiger partial charge in [-0.2, -0.15) is 0 Å². The summed E-state index contributed by atoms with van der Waals surface area (Å²) in [5, 5.41) is -1.38. The molecule has 0 saturated carbocycles. The third-order valence-corrected chi connectivity index (χ3v) is 8.61. The van der Waals surface area contributed by atoms with Crippen molar-refractivity contribution in [2.24, 2.45) is 0 Å². The van der Waals surface area contributed by atoms with Gasteiger partial charge in [-0.15, -0.1) is 0 Å². The predicted octanol–water partition coefficient (Wildman–Crippen LogP) is -17.1. The fraction of sp³-hybridized carbons (Fsp3) is 0.250. The molecule has 0 aliphatic carbocycles. The van der Waals surface area contributed by atoms with Crippen LogP contribution in [0.25, 0.3) is 0 Å². The van der Waals surface area contributed by atoms with E-state index >= 15 is 0 Å². The molecular formula is C16H64Co2O28P4+12. The first-order valence-corrected chi connectivity index (χ1v) is 14.8. The molecular weight excluding hydrogens is 882 g/mol. The van der Waals surface area contributed by atoms with E-state index in [0.717, 1.165) is 24.3 Å². The maximum atomic E-state index is 10.9. The van der Waals surface area contributed by atoms with Crippen molar-refractivity contribution >= 4 is 51.6 Å². The van der Waals surface area contributed by atoms with Gasteiger partial charge in [-0.25, -0.2) is 0 Å². The summed E-state index contributed by atoms with van der Waals surface area (Å²) in [5.74, 6) is 0. The van der Waals surface area contributed by atoms with E-state index in [4.69, 9.17) is 19.6 Å². The topological polar surface area (TPSA) is 763 Å². The normalized spacial score (nSPS) is 12.1. The minimum atomic E-state index is -4.68. The zero-order valence-corrected chi connectivity index (χ0v) is 32.4. The van der Waals surface area contributed by atoms with Crippen LogP contribution in [0.3, 0.4) is 0 Å². The smallest absolute Gasteiger partial charge is 0.775 e. The molecule has 0 aromatic heterocycles. The van der Waals surface area contributed by atoms with Crippen molar-refractivity contribution in [1.82, 2.24) is 0 Å². The van der Waals surface area contributed by atoms with Gasteiger partial charge >= 0.3 is 33.6 Å². The van der Waals surface area contributed by atoms with Gasteiger partial charge in [0, 0.05) is 21.2 Å². The standard InChI is InChI=1S/2C8H12O6P2.2Co.16H2O/c2*1-5-3-8(16(12,13)14)6(2)4-7(5)15(9,10)11;;;;;;;;;;;;;;;;;;/h2*3-4H,1-2H3,(H2,9,10,11)(H2,12,13,14);;;16*1H2/q;;2*+2;;;;;;;;;;;;;;;;/p+8. The Morgan fingerprint density at radius 1 is 0.360 bits per heavy atom. The Morgan fingerprint density at radius 3 is 0.500 bits per heavy atom. The van der Waals surface area contributed by atoms with Crippen LogP contribution in [0.5, 0.6) is 0 Å². The van der Waals surface area contributed by atoms with Crippen LogP contribution in [0.1, 0.15) is 22.3 Å². The Hall–Kier alpha value is -0.587. The molecule has 28 nitrogen and oxygen atoms in total. The van der Waals surface area contributed by atoms with E-state index in [9.17, 15) is 37.8 Å². The first-order chi connectivity index (χ1) is 14.1. The van der Waals surface area contributed by atoms with Crippen molar-refractivity contribution in [3.8, 4) is 0 Å². The average molecular weight is 946 g/mol. The van der Waals surface area contributed by atoms with Gasteiger partial charge < -0.3 is 145 Å². The molecule has 50 heavy (non-hydrogen) atoms. The monoisotopic (exact) mass is 946 g/mol. The molecule has 34 heteroatoms. The molecule has 0 aliphatic rings. The quantitative estimate of drug-likeness (QED) is 0.164. The van der Waals surface area contributed by atoms with E-state index in [-0.39, 0.29) is 165 Å². The zero-order valence-electron chi connectivity index (χ0n) is 26.7. The molecule has 0 spiro atoms. The summed E-state index contributed by atoms with van der Waals surface area (Å²) in [5.41, 5.74) is 0.247. The van der Waals surface area contributed by atoms with Gasteiger partial charge in [-0.05, 0) is 74.2 Å². The third kappa shape index (κ3) is 33.3. The summed E-state index contributed by atoms with van der Waals surface area (Å²) < 4.78 is 43.8. The van der Waals surface area contributed by atoms with Crippen molar-refractivity contribution in [1.29, 1.82) is 0 Å². The van der Waals surface area contributed by atoms with E-state index in [1.165, 1.54) is 27.7 Å². The minimum absolute atomic E-state index is 0. The zero-order chi connectivity index (χ0) is 25.4. The van der Waals surface area contributed by atoms with Crippen molar-refractivity contribution in [2.45, 2.75) is 27.7 Å². The SMILES string of the molecule is Cc1cc(P(=O)([O-])O)c(C)cc1P(=O)([O-])O.Cc1cc(P(=O)([O-])O)c(C)cc1P(=O)([O-])O.O.O.O.O.[Co+2].[Co+2].[OH3+].[OH3+].[OH3+].[OH3+].[OH3+].[OH3+].[OH3+].[OH3+].[OH3+].[OH3+].[OH3+].[OH3+]. The maximum absolute atomic E-state index is 10.9. The van der Waals surface area contributed by atoms with E-state index < -0.39 is 30.4 Å². The van der Waals surface area contributed by atoms with E-state index in [2.05, 4.69) is 0 Å². The molecule has 0 saturated heterocycles. The molecule has 4 atom stereocenters. The fourth-order valence-corrected chi connectivity index (χ4v) is 6.26. The molecule has 48 N–H and O–H groups in total. The maximum Gasteiger partial charge on any atom is 2.00 e. The van der Waals surface area contributed by atoms with Gasteiger partial charge in [-0.3, -0.25) is 0 Å². The number of aryl methyl sites for hydroxylation is 4. The molecule has 0 amide bonds. The second-order valence-electron chi connectivity index (χ2n) is 6.93. The van der Waals surface area contributed by atoms with Crippen molar-refractivity contribution in [2.75, 3.05) is 0 Å². The van der Waals surface area contributed by atoms with Crippen LogP contribution in [0.15, 0.2) is 24.3 Å². The Balaban J connectivity index is -0.0000000188. The molecule has 2 aromatic rings. The minimum Gasteiger partial charge on any atom is -0.775 e. The van der Waals surface area contributed by atoms with Gasteiger partial charge in [0.1, 0.15) is 0 Å². The Kier molecular flexibility index (Phi) is 96.6. The molecule has 2 rings (SSSR count). The Bertz CT molecular complexity index is 1050. The summed E-state index contributed by atoms with van der Waals surface area (Å²) in [6.45, 7) is 5.31. The number of hydrogen-bond donors (Lipinski definition) is 4. The van der Waals surface area contributed by atoms with Crippen molar-refractivity contribution in [3.05, 3.63) is 46.5 Å². The van der Waals surface area contributed by atoms with Crippen LogP contribution >= 0.6 is 30.4 Å². The van der Waals surface area contributed by atoms with Gasteiger partial charge in [0.25, 0.3) is 0 Å². The molecule has 2 radical (unpaired) electrons. The Labute approximate surface area is 303 Å². The van der Waals surface area contributed by atoms with E-state index in [1.807, 2.05) is 0 Å². The van der Waals surface area contributed by atoms with Gasteiger partial charge in [0.05, 0.1) is 0 Å². The molecule has 2 aromatic carbocycles. The summed E-state index contributed by atoms with van der Waals surface area (Å²) in [4.78, 5) is 79.3. The van der Waals surface area contributed by atoms with Gasteiger partial charge in [-0.1, -0.05) is 0 Å². The van der Waals surface area contributed by atoms with Gasteiger partial charge in [0.2, 0.25) is 0 Å². The first-order valence-electron chi connectivity index (χ1n) is 8.46. The van der Waals surface area contributed by atoms with E-state index in [0.29, 0.717) is 0 Å². The number of hydrogen-bond acceptors (Lipinski definition) is 8. The molecule has 0 fully saturated rings. The van der Waals surface area contributed by atoms with Crippen LogP contribution in [0, 0.1) is 27.7 Å². The van der Waals surface area contributed by atoms with Gasteiger partial charge in [0.15, 0.2) is 30.4 Å². The molecule has 4 unspecified atom stereocenters. The largest absolute Gasteiger partial charge is 2.00 e. The number of benzene rings is 2. The molecule has 0 heterocycles. The van der Waals surface area contributed by atoms with Crippen LogP contribution in [-0.2, 0) is 118 Å². The predicted molar refractivity (Wildman–Crippen MR) is 183 cm³/mol. The average Bonchev–Trinajstić information content (AvgIpc) is 2.55. The van der Waals surface area contributed by atoms with Crippen LogP contribution < -0.4 is 40.8 Å². The third-order valence-electron chi connectivity index (χ3n) is 4.25. The summed E-state index contributed by atoms with van der Waals surface area (Å²) >= 11 is 0. The second kappa shape index (κ2) is 41.2. The summed E-state index contributed by atoms with van der Waals surface area (Å²) in [7, 11) is -18.7. The first kappa shape index (κ1) is 117. The molecule has 0 aliphatic heterocycles. The fourth-order valence-electron chi connectivity index (χ4n) is 2.79. The molecule has 0 bridgehead atoms. The summed E-state index contributed by atoms with van der Waals surface area (Å²) in [6.07, 6.45) is 0. The van der Waals surface area contributed by atoms with Crippen LogP contribution in [0.2, 0.25) is 0 Å². The number of rotatable bonds is 4. The van der Waals surface area contributed by atoms with Crippen molar-refractivity contribution in [3.63, 3.8) is 0 Å². The molecule has 322 valence electrons. The second-order valence-corrected chi connectivity index (χ2v) is 13.0.